The molecule has 0 aliphatic carbocycles. The Morgan fingerprint density at radius 1 is 1.64 bits per heavy atom. The highest BCUT2D eigenvalue weighted by Gasteiger charge is 1.96. The second kappa shape index (κ2) is 6.33. The number of imidazole rings is 1. The van der Waals surface area contributed by atoms with Gasteiger partial charge in [0.15, 0.2) is 5.11 Å². The van der Waals surface area contributed by atoms with Crippen LogP contribution in [0.15, 0.2) is 12.4 Å². The maximum Gasteiger partial charge on any atom is 0.166 e. The summed E-state index contributed by atoms with van der Waals surface area (Å²) >= 11 is 5.02. The van der Waals surface area contributed by atoms with Crippen molar-refractivity contribution < 1.29 is 4.74 Å². The zero-order valence-corrected chi connectivity index (χ0v) is 8.86. The van der Waals surface area contributed by atoms with E-state index in [1.165, 1.54) is 0 Å². The van der Waals surface area contributed by atoms with Gasteiger partial charge < -0.3 is 20.4 Å². The molecule has 0 saturated heterocycles. The summed E-state index contributed by atoms with van der Waals surface area (Å²) in [4.78, 5) is 7.03. The minimum absolute atomic E-state index is 0.603. The van der Waals surface area contributed by atoms with E-state index >= 15 is 0 Å². The first-order valence-electron chi connectivity index (χ1n) is 4.32. The standard InChI is InChI=1S/C8H14N4OS/c1-13-5-4-11-8(14)12-6-7-9-2-3-10-7/h2-3H,4-6H2,1H3,(H,9,10)(H2,11,12,14). The van der Waals surface area contributed by atoms with Crippen LogP contribution >= 0.6 is 12.2 Å². The Balaban J connectivity index is 2.09. The number of ether oxygens (including phenoxy) is 1. The smallest absolute Gasteiger partial charge is 0.166 e. The summed E-state index contributed by atoms with van der Waals surface area (Å²) in [6.07, 6.45) is 3.48. The fourth-order valence-electron chi connectivity index (χ4n) is 0.888. The Bertz CT molecular complexity index is 262. The molecule has 1 aromatic heterocycles. The van der Waals surface area contributed by atoms with Crippen molar-refractivity contribution in [3.8, 4) is 0 Å². The van der Waals surface area contributed by atoms with Gasteiger partial charge in [-0.25, -0.2) is 4.98 Å². The Labute approximate surface area is 88.3 Å². The summed E-state index contributed by atoms with van der Waals surface area (Å²) in [5, 5.41) is 6.62. The van der Waals surface area contributed by atoms with E-state index < -0.39 is 0 Å². The topological polar surface area (TPSA) is 62.0 Å². The minimum Gasteiger partial charge on any atom is -0.383 e. The summed E-state index contributed by atoms with van der Waals surface area (Å²) in [6, 6.07) is 0. The molecule has 0 unspecified atom stereocenters. The molecule has 0 aliphatic rings. The van der Waals surface area contributed by atoms with Crippen molar-refractivity contribution in [3.05, 3.63) is 18.2 Å². The summed E-state index contributed by atoms with van der Waals surface area (Å²) in [5.74, 6) is 0.862. The van der Waals surface area contributed by atoms with Crippen LogP contribution in [0.5, 0.6) is 0 Å². The molecule has 0 saturated carbocycles. The number of H-pyrrole nitrogens is 1. The molecule has 0 spiro atoms. The van der Waals surface area contributed by atoms with Gasteiger partial charge in [0.2, 0.25) is 0 Å². The highest BCUT2D eigenvalue weighted by molar-refractivity contribution is 7.80. The maximum atomic E-state index is 5.02. The van der Waals surface area contributed by atoms with Crippen molar-refractivity contribution in [3.63, 3.8) is 0 Å². The van der Waals surface area contributed by atoms with Gasteiger partial charge in [0.25, 0.3) is 0 Å². The van der Waals surface area contributed by atoms with Gasteiger partial charge in [-0.2, -0.15) is 0 Å². The lowest BCUT2D eigenvalue weighted by Gasteiger charge is -2.08. The van der Waals surface area contributed by atoms with Crippen LogP contribution in [-0.2, 0) is 11.3 Å². The average molecular weight is 214 g/mol. The Morgan fingerprint density at radius 3 is 3.14 bits per heavy atom. The van der Waals surface area contributed by atoms with E-state index in [1.54, 1.807) is 19.5 Å². The first-order chi connectivity index (χ1) is 6.83. The highest BCUT2D eigenvalue weighted by Crippen LogP contribution is 1.85. The summed E-state index contributed by atoms with van der Waals surface area (Å²) < 4.78 is 4.87. The lowest BCUT2D eigenvalue weighted by molar-refractivity contribution is 0.204. The molecule has 0 bridgehead atoms. The summed E-state index contributed by atoms with van der Waals surface area (Å²) in [5.41, 5.74) is 0. The molecule has 14 heavy (non-hydrogen) atoms. The van der Waals surface area contributed by atoms with Gasteiger partial charge in [0.05, 0.1) is 13.2 Å². The van der Waals surface area contributed by atoms with Crippen molar-refractivity contribution in [1.29, 1.82) is 0 Å². The first kappa shape index (κ1) is 10.9. The number of aromatic nitrogens is 2. The molecule has 1 rings (SSSR count). The van der Waals surface area contributed by atoms with E-state index in [0.29, 0.717) is 24.8 Å². The van der Waals surface area contributed by atoms with E-state index in [9.17, 15) is 0 Å². The number of nitrogens with zero attached hydrogens (tertiary/aromatic N) is 1. The average Bonchev–Trinajstić information content (AvgIpc) is 2.68. The second-order valence-electron chi connectivity index (χ2n) is 2.64. The van der Waals surface area contributed by atoms with Crippen molar-refractivity contribution in [1.82, 2.24) is 20.6 Å². The van der Waals surface area contributed by atoms with Gasteiger partial charge in [-0.05, 0) is 12.2 Å². The number of methoxy groups -OCH3 is 1. The molecule has 6 heteroatoms. The third kappa shape index (κ3) is 4.20. The predicted molar refractivity (Wildman–Crippen MR) is 57.9 cm³/mol. The zero-order valence-electron chi connectivity index (χ0n) is 8.04. The third-order valence-corrected chi connectivity index (χ3v) is 1.85. The second-order valence-corrected chi connectivity index (χ2v) is 3.05. The SMILES string of the molecule is COCCNC(=S)NCc1ncc[nH]1. The molecule has 5 nitrogen and oxygen atoms in total. The quantitative estimate of drug-likeness (QED) is 0.476. The molecule has 0 amide bonds. The van der Waals surface area contributed by atoms with Crippen LogP contribution in [-0.4, -0.2) is 35.3 Å². The van der Waals surface area contributed by atoms with Crippen LogP contribution in [0.25, 0.3) is 0 Å². The molecule has 0 fully saturated rings. The van der Waals surface area contributed by atoms with Gasteiger partial charge in [-0.1, -0.05) is 0 Å². The monoisotopic (exact) mass is 214 g/mol. The van der Waals surface area contributed by atoms with Gasteiger partial charge in [0, 0.05) is 26.0 Å². The van der Waals surface area contributed by atoms with Crippen LogP contribution in [0.1, 0.15) is 5.82 Å². The predicted octanol–water partition coefficient (Wildman–Crippen LogP) is 0.0202. The van der Waals surface area contributed by atoms with E-state index in [2.05, 4.69) is 20.6 Å². The molecule has 0 aliphatic heterocycles. The molecule has 0 aromatic carbocycles. The van der Waals surface area contributed by atoms with E-state index in [1.807, 2.05) is 0 Å². The van der Waals surface area contributed by atoms with Crippen LogP contribution in [0.2, 0.25) is 0 Å². The zero-order chi connectivity index (χ0) is 10.2. The van der Waals surface area contributed by atoms with E-state index in [0.717, 1.165) is 5.82 Å². The number of hydrogen-bond acceptors (Lipinski definition) is 3. The molecule has 1 heterocycles. The molecular weight excluding hydrogens is 200 g/mol. The number of nitrogens with one attached hydrogen (secondary N) is 3. The van der Waals surface area contributed by atoms with Gasteiger partial charge >= 0.3 is 0 Å². The maximum absolute atomic E-state index is 5.02. The minimum atomic E-state index is 0.603. The molecule has 78 valence electrons. The Kier molecular flexibility index (Phi) is 4.95. The molecule has 0 atom stereocenters. The fourth-order valence-corrected chi connectivity index (χ4v) is 1.06. The first-order valence-corrected chi connectivity index (χ1v) is 4.72. The van der Waals surface area contributed by atoms with Crippen LogP contribution in [0, 0.1) is 0 Å². The van der Waals surface area contributed by atoms with Crippen molar-refractivity contribution >= 4 is 17.3 Å². The van der Waals surface area contributed by atoms with Crippen LogP contribution in [0.3, 0.4) is 0 Å². The fraction of sp³-hybridized carbons (Fsp3) is 0.500. The van der Waals surface area contributed by atoms with Gasteiger partial charge in [0.1, 0.15) is 5.82 Å². The highest BCUT2D eigenvalue weighted by atomic mass is 32.1. The largest absolute Gasteiger partial charge is 0.383 e. The number of thiocarbonyl (C=S) groups is 1. The molecule has 0 radical (unpaired) electrons. The van der Waals surface area contributed by atoms with E-state index in [-0.39, 0.29) is 0 Å². The number of hydrogen-bond donors (Lipinski definition) is 3. The third-order valence-electron chi connectivity index (χ3n) is 1.56. The summed E-state index contributed by atoms with van der Waals surface area (Å²) in [6.45, 7) is 1.95. The van der Waals surface area contributed by atoms with Crippen molar-refractivity contribution in [2.45, 2.75) is 6.54 Å². The lowest BCUT2D eigenvalue weighted by Crippen LogP contribution is -2.36. The normalized spacial score (nSPS) is 9.79. The van der Waals surface area contributed by atoms with Crippen LogP contribution < -0.4 is 10.6 Å². The molecule has 1 aromatic rings. The van der Waals surface area contributed by atoms with Crippen LogP contribution in [0.4, 0.5) is 0 Å². The number of aromatic amines is 1. The lowest BCUT2D eigenvalue weighted by atomic mass is 10.6. The summed E-state index contributed by atoms with van der Waals surface area (Å²) in [7, 11) is 1.65. The van der Waals surface area contributed by atoms with E-state index in [4.69, 9.17) is 17.0 Å². The van der Waals surface area contributed by atoms with Crippen molar-refractivity contribution in [2.24, 2.45) is 0 Å². The molecular formula is C8H14N4OS. The number of rotatable bonds is 5. The Morgan fingerprint density at radius 2 is 2.50 bits per heavy atom. The van der Waals surface area contributed by atoms with Gasteiger partial charge in [-0.15, -0.1) is 0 Å². The molecule has 3 N–H and O–H groups in total. The van der Waals surface area contributed by atoms with Crippen molar-refractivity contribution in [2.75, 3.05) is 20.3 Å². The van der Waals surface area contributed by atoms with Gasteiger partial charge in [-0.3, -0.25) is 0 Å². The Hall–Kier alpha value is -1.14.